The highest BCUT2D eigenvalue weighted by Gasteiger charge is 2.16. The molecule has 0 aliphatic carbocycles. The third-order valence-corrected chi connectivity index (χ3v) is 3.73. The molecular weight excluding hydrogens is 312 g/mol. The van der Waals surface area contributed by atoms with Gasteiger partial charge < -0.3 is 9.64 Å². The van der Waals surface area contributed by atoms with Crippen molar-refractivity contribution in [2.24, 2.45) is 0 Å². The number of ether oxygens (including phenoxy) is 1. The minimum Gasteiger partial charge on any atom is -0.488 e. The summed E-state index contributed by atoms with van der Waals surface area (Å²) in [6.45, 7) is 0.667. The van der Waals surface area contributed by atoms with Crippen LogP contribution in [0.15, 0.2) is 48.5 Å². The molecular formula is C18H17ClN2O2. The first-order chi connectivity index (χ1) is 11.1. The highest BCUT2D eigenvalue weighted by atomic mass is 35.5. The molecule has 0 N–H and O–H groups in total. The van der Waals surface area contributed by atoms with Crippen LogP contribution in [-0.2, 0) is 6.61 Å². The summed E-state index contributed by atoms with van der Waals surface area (Å²) < 4.78 is 5.78. The molecule has 2 aromatic rings. The topological polar surface area (TPSA) is 53.3 Å². The second-order valence-electron chi connectivity index (χ2n) is 5.01. The molecule has 0 heterocycles. The average molecular weight is 329 g/mol. The van der Waals surface area contributed by atoms with Crippen LogP contribution in [0.2, 0.25) is 5.02 Å². The summed E-state index contributed by atoms with van der Waals surface area (Å²) in [6, 6.07) is 16.5. The molecule has 0 spiro atoms. The van der Waals surface area contributed by atoms with Crippen molar-refractivity contribution in [3.05, 3.63) is 64.7 Å². The largest absolute Gasteiger partial charge is 0.488 e. The molecule has 0 saturated carbocycles. The number of amides is 1. The third-order valence-electron chi connectivity index (χ3n) is 3.36. The normalized spacial score (nSPS) is 9.96. The van der Waals surface area contributed by atoms with Crippen LogP contribution in [0.3, 0.4) is 0 Å². The van der Waals surface area contributed by atoms with Gasteiger partial charge in [-0.05, 0) is 18.2 Å². The molecule has 0 radical (unpaired) electrons. The molecule has 1 amide bonds. The Hall–Kier alpha value is -2.51. The second-order valence-corrected chi connectivity index (χ2v) is 5.42. The zero-order valence-electron chi connectivity index (χ0n) is 12.8. The van der Waals surface area contributed by atoms with E-state index in [0.29, 0.717) is 29.3 Å². The fourth-order valence-electron chi connectivity index (χ4n) is 2.07. The molecule has 0 aliphatic heterocycles. The van der Waals surface area contributed by atoms with Gasteiger partial charge in [0.2, 0.25) is 0 Å². The maximum Gasteiger partial charge on any atom is 0.257 e. The lowest BCUT2D eigenvalue weighted by Crippen LogP contribution is -2.28. The van der Waals surface area contributed by atoms with Gasteiger partial charge in [0.15, 0.2) is 0 Å². The Morgan fingerprint density at radius 3 is 2.65 bits per heavy atom. The molecule has 0 aliphatic rings. The summed E-state index contributed by atoms with van der Waals surface area (Å²) >= 11 is 6.11. The molecule has 0 bridgehead atoms. The second kappa shape index (κ2) is 8.21. The van der Waals surface area contributed by atoms with Crippen LogP contribution in [0, 0.1) is 11.3 Å². The standard InChI is InChI=1S/C18H17ClN2O2/c1-21(12-6-11-20)18(22)15-8-3-5-10-17(15)23-13-14-7-2-4-9-16(14)19/h2-5,7-10H,6,12-13H2,1H3. The van der Waals surface area contributed by atoms with Crippen molar-refractivity contribution in [3.63, 3.8) is 0 Å². The van der Waals surface area contributed by atoms with Crippen molar-refractivity contribution in [1.82, 2.24) is 4.90 Å². The third kappa shape index (κ3) is 4.48. The Kier molecular flexibility index (Phi) is 6.02. The van der Waals surface area contributed by atoms with Crippen LogP contribution in [0.25, 0.3) is 0 Å². The average Bonchev–Trinajstić information content (AvgIpc) is 2.58. The number of carbonyl (C=O) groups excluding carboxylic acids is 1. The molecule has 2 aromatic carbocycles. The first kappa shape index (κ1) is 16.9. The van der Waals surface area contributed by atoms with E-state index in [-0.39, 0.29) is 12.5 Å². The maximum atomic E-state index is 12.5. The Labute approximate surface area is 140 Å². The Morgan fingerprint density at radius 1 is 1.22 bits per heavy atom. The predicted octanol–water partition coefficient (Wildman–Crippen LogP) is 3.90. The molecule has 4 nitrogen and oxygen atoms in total. The van der Waals surface area contributed by atoms with Crippen LogP contribution < -0.4 is 4.74 Å². The molecule has 0 aromatic heterocycles. The summed E-state index contributed by atoms with van der Waals surface area (Å²) in [4.78, 5) is 14.0. The van der Waals surface area contributed by atoms with E-state index in [4.69, 9.17) is 21.6 Å². The molecule has 5 heteroatoms. The minimum absolute atomic E-state index is 0.171. The highest BCUT2D eigenvalue weighted by Crippen LogP contribution is 2.23. The monoisotopic (exact) mass is 328 g/mol. The lowest BCUT2D eigenvalue weighted by molar-refractivity contribution is 0.0793. The molecule has 118 valence electrons. The number of nitrogens with zero attached hydrogens (tertiary/aromatic N) is 2. The van der Waals surface area contributed by atoms with Gasteiger partial charge in [-0.2, -0.15) is 5.26 Å². The maximum absolute atomic E-state index is 12.5. The summed E-state index contributed by atoms with van der Waals surface area (Å²) in [6.07, 6.45) is 0.297. The van der Waals surface area contributed by atoms with E-state index in [9.17, 15) is 4.79 Å². The van der Waals surface area contributed by atoms with Crippen LogP contribution in [0.1, 0.15) is 22.3 Å². The summed E-state index contributed by atoms with van der Waals surface area (Å²) in [5, 5.41) is 9.26. The Balaban J connectivity index is 2.13. The van der Waals surface area contributed by atoms with Gasteiger partial charge in [-0.3, -0.25) is 4.79 Å². The van der Waals surface area contributed by atoms with Gasteiger partial charge in [-0.25, -0.2) is 0 Å². The SMILES string of the molecule is CN(CCC#N)C(=O)c1ccccc1OCc1ccccc1Cl. The number of para-hydroxylation sites is 1. The van der Waals surface area contributed by atoms with E-state index >= 15 is 0 Å². The number of rotatable bonds is 6. The van der Waals surface area contributed by atoms with E-state index < -0.39 is 0 Å². The van der Waals surface area contributed by atoms with E-state index in [1.807, 2.05) is 30.3 Å². The number of benzene rings is 2. The first-order valence-corrected chi connectivity index (χ1v) is 7.59. The van der Waals surface area contributed by atoms with Crippen molar-refractivity contribution in [3.8, 4) is 11.8 Å². The molecule has 0 saturated heterocycles. The Morgan fingerprint density at radius 2 is 1.91 bits per heavy atom. The number of carbonyl (C=O) groups is 1. The van der Waals surface area contributed by atoms with Crippen molar-refractivity contribution >= 4 is 17.5 Å². The zero-order chi connectivity index (χ0) is 16.7. The smallest absolute Gasteiger partial charge is 0.257 e. The minimum atomic E-state index is -0.171. The molecule has 0 unspecified atom stereocenters. The van der Waals surface area contributed by atoms with E-state index in [1.54, 1.807) is 31.3 Å². The van der Waals surface area contributed by atoms with Gasteiger partial charge in [0.25, 0.3) is 5.91 Å². The summed E-state index contributed by atoms with van der Waals surface area (Å²) in [7, 11) is 1.67. The van der Waals surface area contributed by atoms with Crippen molar-refractivity contribution in [1.29, 1.82) is 5.26 Å². The number of hydrogen-bond acceptors (Lipinski definition) is 3. The fraction of sp³-hybridized carbons (Fsp3) is 0.222. The van der Waals surface area contributed by atoms with E-state index in [0.717, 1.165) is 5.56 Å². The van der Waals surface area contributed by atoms with Crippen LogP contribution >= 0.6 is 11.6 Å². The Bertz CT molecular complexity index is 725. The molecule has 23 heavy (non-hydrogen) atoms. The number of halogens is 1. The van der Waals surface area contributed by atoms with Crippen molar-refractivity contribution < 1.29 is 9.53 Å². The number of nitriles is 1. The first-order valence-electron chi connectivity index (χ1n) is 7.21. The lowest BCUT2D eigenvalue weighted by Gasteiger charge is -2.18. The van der Waals surface area contributed by atoms with Crippen LogP contribution in [0.5, 0.6) is 5.75 Å². The van der Waals surface area contributed by atoms with Gasteiger partial charge in [0, 0.05) is 24.2 Å². The molecule has 0 atom stereocenters. The van der Waals surface area contributed by atoms with E-state index in [1.165, 1.54) is 4.90 Å². The lowest BCUT2D eigenvalue weighted by atomic mass is 10.1. The van der Waals surface area contributed by atoms with Crippen molar-refractivity contribution in [2.45, 2.75) is 13.0 Å². The van der Waals surface area contributed by atoms with Gasteiger partial charge >= 0.3 is 0 Å². The van der Waals surface area contributed by atoms with Gasteiger partial charge in [0.05, 0.1) is 18.1 Å². The van der Waals surface area contributed by atoms with Gasteiger partial charge in [-0.1, -0.05) is 41.9 Å². The van der Waals surface area contributed by atoms with Crippen LogP contribution in [0.4, 0.5) is 0 Å². The van der Waals surface area contributed by atoms with Crippen molar-refractivity contribution in [2.75, 3.05) is 13.6 Å². The summed E-state index contributed by atoms with van der Waals surface area (Å²) in [5.41, 5.74) is 1.33. The van der Waals surface area contributed by atoms with Gasteiger partial charge in [-0.15, -0.1) is 0 Å². The quantitative estimate of drug-likeness (QED) is 0.808. The van der Waals surface area contributed by atoms with Crippen LogP contribution in [-0.4, -0.2) is 24.4 Å². The highest BCUT2D eigenvalue weighted by molar-refractivity contribution is 6.31. The fourth-order valence-corrected chi connectivity index (χ4v) is 2.26. The molecule has 2 rings (SSSR count). The zero-order valence-corrected chi connectivity index (χ0v) is 13.6. The summed E-state index contributed by atoms with van der Waals surface area (Å²) in [5.74, 6) is 0.330. The van der Waals surface area contributed by atoms with E-state index in [2.05, 4.69) is 0 Å². The predicted molar refractivity (Wildman–Crippen MR) is 89.4 cm³/mol. The van der Waals surface area contributed by atoms with Gasteiger partial charge in [0.1, 0.15) is 12.4 Å². The molecule has 0 fully saturated rings. The number of hydrogen-bond donors (Lipinski definition) is 0.